The molecule has 1 radical (unpaired) electrons. The number of rotatable bonds is 0. The van der Waals surface area contributed by atoms with Gasteiger partial charge in [-0.2, -0.15) is 0 Å². The van der Waals surface area contributed by atoms with Gasteiger partial charge in [0.15, 0.2) is 0 Å². The number of hydrogen-bond donors (Lipinski definition) is 2. The molecule has 0 saturated carbocycles. The van der Waals surface area contributed by atoms with E-state index >= 15 is 0 Å². The van der Waals surface area contributed by atoms with E-state index in [0.29, 0.717) is 0 Å². The maximum absolute atomic E-state index is 9.21. The Morgan fingerprint density at radius 3 is 3.10 bits per heavy atom. The van der Waals surface area contributed by atoms with Crippen LogP contribution in [0.2, 0.25) is 0 Å². The van der Waals surface area contributed by atoms with Gasteiger partial charge in [-0.05, 0) is 24.3 Å². The molecule has 2 N–H and O–H groups in total. The fraction of sp³-hybridized carbons (Fsp3) is 0. The molecule has 0 aliphatic carbocycles. The summed E-state index contributed by atoms with van der Waals surface area (Å²) in [6, 6.07) is 8.16. The van der Waals surface area contributed by atoms with Crippen LogP contribution in [0, 0.1) is 6.07 Å². The molecule has 0 atom stereocenters. The highest BCUT2D eigenvalue weighted by Crippen LogP contribution is 2.20. The molecule has 1 aromatic heterocycles. The summed E-state index contributed by atoms with van der Waals surface area (Å²) in [5.74, 6) is 0.277. The predicted octanol–water partition coefficient (Wildman–Crippen LogP) is 1.67. The molecule has 0 aliphatic rings. The normalized spacial score (nSPS) is 10.4. The van der Waals surface area contributed by atoms with Gasteiger partial charge in [0.05, 0.1) is 5.52 Å². The Hall–Kier alpha value is -1.44. The molecule has 1 aromatic carbocycles. The van der Waals surface area contributed by atoms with Crippen molar-refractivity contribution in [3.8, 4) is 5.75 Å². The lowest BCUT2D eigenvalue weighted by molar-refractivity contribution is 0.480. The molecule has 2 heteroatoms. The third kappa shape index (κ3) is 0.589. The average Bonchev–Trinajstić information content (AvgIpc) is 2.36. The summed E-state index contributed by atoms with van der Waals surface area (Å²) in [5, 5.41) is 10.1. The molecule has 0 bridgehead atoms. The number of aromatic amines is 1. The van der Waals surface area contributed by atoms with Gasteiger partial charge in [0.1, 0.15) is 5.75 Å². The van der Waals surface area contributed by atoms with Crippen LogP contribution in [0.3, 0.4) is 0 Å². The van der Waals surface area contributed by atoms with Crippen LogP contribution in [0.4, 0.5) is 0 Å². The highest BCUT2D eigenvalue weighted by Gasteiger charge is 1.96. The summed E-state index contributed by atoms with van der Waals surface area (Å²) in [6.45, 7) is 0. The second-order valence-electron chi connectivity index (χ2n) is 2.13. The zero-order valence-electron chi connectivity index (χ0n) is 5.26. The summed E-state index contributed by atoms with van der Waals surface area (Å²) in [5.41, 5.74) is 0.752. The minimum Gasteiger partial charge on any atom is -0.506 e. The second kappa shape index (κ2) is 1.77. The van der Waals surface area contributed by atoms with Crippen LogP contribution < -0.4 is 0 Å². The molecule has 2 nitrogen and oxygen atoms in total. The number of H-pyrrole nitrogens is 1. The smallest absolute Gasteiger partial charge is 0.139 e. The Morgan fingerprint density at radius 1 is 1.40 bits per heavy atom. The highest BCUT2D eigenvalue weighted by molar-refractivity contribution is 5.84. The minimum atomic E-state index is 0.277. The Kier molecular flexibility index (Phi) is 0.947. The first kappa shape index (κ1) is 5.35. The van der Waals surface area contributed by atoms with Crippen LogP contribution in [0.1, 0.15) is 0 Å². The van der Waals surface area contributed by atoms with Gasteiger partial charge in [0.25, 0.3) is 0 Å². The number of benzene rings is 1. The van der Waals surface area contributed by atoms with Gasteiger partial charge in [0.2, 0.25) is 0 Å². The molecule has 0 unspecified atom stereocenters. The molecule has 10 heavy (non-hydrogen) atoms. The van der Waals surface area contributed by atoms with E-state index in [2.05, 4.69) is 11.1 Å². The Morgan fingerprint density at radius 2 is 2.30 bits per heavy atom. The lowest BCUT2D eigenvalue weighted by atomic mass is 10.2. The monoisotopic (exact) mass is 132 g/mol. The van der Waals surface area contributed by atoms with Crippen LogP contribution in [0.5, 0.6) is 5.75 Å². The van der Waals surface area contributed by atoms with Crippen molar-refractivity contribution in [2.45, 2.75) is 0 Å². The zero-order valence-corrected chi connectivity index (χ0v) is 5.26. The highest BCUT2D eigenvalue weighted by atomic mass is 16.3. The lowest BCUT2D eigenvalue weighted by Crippen LogP contribution is -1.67. The quantitative estimate of drug-likeness (QED) is 0.562. The minimum absolute atomic E-state index is 0.277. The van der Waals surface area contributed by atoms with Crippen LogP contribution in [-0.4, -0.2) is 10.1 Å². The molecule has 0 spiro atoms. The van der Waals surface area contributed by atoms with E-state index in [1.165, 1.54) is 0 Å². The molecule has 2 aromatic rings. The third-order valence-corrected chi connectivity index (χ3v) is 1.48. The van der Waals surface area contributed by atoms with Crippen molar-refractivity contribution in [2.24, 2.45) is 0 Å². The molecule has 1 heterocycles. The molecular formula is C8H6NO. The number of aromatic nitrogens is 1. The largest absolute Gasteiger partial charge is 0.506 e. The van der Waals surface area contributed by atoms with E-state index in [-0.39, 0.29) is 5.75 Å². The van der Waals surface area contributed by atoms with E-state index in [4.69, 9.17) is 0 Å². The first-order chi connectivity index (χ1) is 4.88. The van der Waals surface area contributed by atoms with Crippen molar-refractivity contribution in [3.05, 3.63) is 30.5 Å². The lowest BCUT2D eigenvalue weighted by Gasteiger charge is -1.90. The Balaban J connectivity index is 2.95. The summed E-state index contributed by atoms with van der Waals surface area (Å²) in [7, 11) is 0. The summed E-state index contributed by atoms with van der Waals surface area (Å²) in [4.78, 5) is 2.91. The topological polar surface area (TPSA) is 36.0 Å². The summed E-state index contributed by atoms with van der Waals surface area (Å²) >= 11 is 0. The number of phenolic OH excluding ortho intramolecular Hbond substituents is 1. The van der Waals surface area contributed by atoms with Gasteiger partial charge < -0.3 is 10.1 Å². The maximum atomic E-state index is 9.21. The van der Waals surface area contributed by atoms with Crippen molar-refractivity contribution in [3.63, 3.8) is 0 Å². The van der Waals surface area contributed by atoms with Gasteiger partial charge in [0, 0.05) is 11.6 Å². The fourth-order valence-corrected chi connectivity index (χ4v) is 0.995. The fourth-order valence-electron chi connectivity index (χ4n) is 0.995. The van der Waals surface area contributed by atoms with Crippen molar-refractivity contribution in [1.82, 2.24) is 4.98 Å². The van der Waals surface area contributed by atoms with Crippen LogP contribution in [0.15, 0.2) is 24.4 Å². The first-order valence-corrected chi connectivity index (χ1v) is 3.04. The van der Waals surface area contributed by atoms with Crippen molar-refractivity contribution >= 4 is 10.9 Å². The van der Waals surface area contributed by atoms with Crippen molar-refractivity contribution in [1.29, 1.82) is 0 Å². The summed E-state index contributed by atoms with van der Waals surface area (Å²) in [6.07, 6.45) is 1.78. The van der Waals surface area contributed by atoms with Gasteiger partial charge in [-0.3, -0.25) is 0 Å². The van der Waals surface area contributed by atoms with E-state index in [1.807, 2.05) is 6.07 Å². The maximum Gasteiger partial charge on any atom is 0.139 e. The van der Waals surface area contributed by atoms with Crippen molar-refractivity contribution in [2.75, 3.05) is 0 Å². The second-order valence-corrected chi connectivity index (χ2v) is 2.13. The van der Waals surface area contributed by atoms with Gasteiger partial charge >= 0.3 is 0 Å². The molecular weight excluding hydrogens is 126 g/mol. The standard InChI is InChI=1S/C8H6NO/c10-7-3-1-2-6-4-5-9-8(6)7/h1,3-5,9-10H. The third-order valence-electron chi connectivity index (χ3n) is 1.48. The van der Waals surface area contributed by atoms with Crippen molar-refractivity contribution < 1.29 is 5.11 Å². The molecule has 0 saturated heterocycles. The van der Waals surface area contributed by atoms with E-state index in [0.717, 1.165) is 10.9 Å². The molecule has 2 rings (SSSR count). The SMILES string of the molecule is Oc1cc[c]c2cc[nH]c12. The first-order valence-electron chi connectivity index (χ1n) is 3.04. The van der Waals surface area contributed by atoms with Crippen LogP contribution in [-0.2, 0) is 0 Å². The zero-order chi connectivity index (χ0) is 6.97. The van der Waals surface area contributed by atoms with Gasteiger partial charge in [-0.25, -0.2) is 0 Å². The Bertz CT molecular complexity index is 351. The van der Waals surface area contributed by atoms with Gasteiger partial charge in [-0.15, -0.1) is 0 Å². The molecule has 0 fully saturated rings. The van der Waals surface area contributed by atoms with Crippen LogP contribution in [0.25, 0.3) is 10.9 Å². The molecule has 49 valence electrons. The molecule has 0 aliphatic heterocycles. The number of phenols is 1. The van der Waals surface area contributed by atoms with Crippen LogP contribution >= 0.6 is 0 Å². The number of aromatic hydroxyl groups is 1. The number of nitrogens with one attached hydrogen (secondary N) is 1. The van der Waals surface area contributed by atoms with E-state index < -0.39 is 0 Å². The average molecular weight is 132 g/mol. The van der Waals surface area contributed by atoms with E-state index in [1.54, 1.807) is 18.3 Å². The Labute approximate surface area is 58.1 Å². The molecule has 0 amide bonds. The van der Waals surface area contributed by atoms with E-state index in [9.17, 15) is 5.11 Å². The van der Waals surface area contributed by atoms with Gasteiger partial charge in [-0.1, -0.05) is 0 Å². The summed E-state index contributed by atoms with van der Waals surface area (Å²) < 4.78 is 0. The number of fused-ring (bicyclic) bond motifs is 1. The number of hydrogen-bond acceptors (Lipinski definition) is 1. The predicted molar refractivity (Wildman–Crippen MR) is 38.8 cm³/mol.